The summed E-state index contributed by atoms with van der Waals surface area (Å²) in [5.41, 5.74) is 4.86. The second-order valence-electron chi connectivity index (χ2n) is 8.14. The molecule has 0 fully saturated rings. The molecule has 0 unspecified atom stereocenters. The summed E-state index contributed by atoms with van der Waals surface area (Å²) in [6, 6.07) is 13.7. The molecule has 0 saturated carbocycles. The van der Waals surface area contributed by atoms with Crippen LogP contribution in [0.5, 0.6) is 0 Å². The van der Waals surface area contributed by atoms with Crippen molar-refractivity contribution in [2.24, 2.45) is 0 Å². The minimum atomic E-state index is -0.636. The molecule has 0 aliphatic carbocycles. The number of para-hydroxylation sites is 1. The van der Waals surface area contributed by atoms with Crippen LogP contribution in [0.25, 0.3) is 21.7 Å². The Bertz CT molecular complexity index is 1510. The van der Waals surface area contributed by atoms with Gasteiger partial charge in [0.15, 0.2) is 5.69 Å². The highest BCUT2D eigenvalue weighted by molar-refractivity contribution is 6.05. The summed E-state index contributed by atoms with van der Waals surface area (Å²) in [6.45, 7) is 2.56. The summed E-state index contributed by atoms with van der Waals surface area (Å²) >= 11 is 0. The number of unbranched alkanes of at least 4 members (excludes halogenated alkanes) is 2. The molecular formula is C25H26N6O4. The average Bonchev–Trinajstić information content (AvgIpc) is 2.88. The first-order chi connectivity index (χ1) is 17.0. The fraction of sp³-hybridized carbons (Fsp3) is 0.280. The zero-order valence-electron chi connectivity index (χ0n) is 19.4. The summed E-state index contributed by atoms with van der Waals surface area (Å²) in [5.74, 6) is -1.12. The molecule has 10 nitrogen and oxygen atoms in total. The molecule has 0 aliphatic rings. The van der Waals surface area contributed by atoms with E-state index in [2.05, 4.69) is 27.9 Å². The van der Waals surface area contributed by atoms with Crippen LogP contribution in [0, 0.1) is 0 Å². The van der Waals surface area contributed by atoms with E-state index in [1.165, 1.54) is 15.6 Å². The fourth-order valence-electron chi connectivity index (χ4n) is 3.80. The number of carbonyl (C=O) groups excluding carboxylic acids is 2. The van der Waals surface area contributed by atoms with Crippen LogP contribution in [0.1, 0.15) is 43.1 Å². The number of amides is 2. The summed E-state index contributed by atoms with van der Waals surface area (Å²) in [6.07, 6.45) is 4.04. The van der Waals surface area contributed by atoms with Crippen molar-refractivity contribution in [3.63, 3.8) is 0 Å². The number of fused-ring (bicyclic) bond motifs is 2. The van der Waals surface area contributed by atoms with Crippen molar-refractivity contribution in [1.82, 2.24) is 30.2 Å². The van der Waals surface area contributed by atoms with E-state index in [1.807, 2.05) is 0 Å². The number of hydrogen-bond donors (Lipinski definition) is 2. The Balaban J connectivity index is 1.44. The summed E-state index contributed by atoms with van der Waals surface area (Å²) in [4.78, 5) is 54.8. The number of aromatic nitrogens is 4. The van der Waals surface area contributed by atoms with Crippen LogP contribution in [0.2, 0.25) is 0 Å². The predicted molar refractivity (Wildman–Crippen MR) is 132 cm³/mol. The molecule has 0 saturated heterocycles. The van der Waals surface area contributed by atoms with Crippen LogP contribution in [-0.4, -0.2) is 31.1 Å². The van der Waals surface area contributed by atoms with Gasteiger partial charge in [0, 0.05) is 24.9 Å². The molecule has 2 heterocycles. The number of rotatable bonds is 8. The third kappa shape index (κ3) is 5.26. The first kappa shape index (κ1) is 23.8. The van der Waals surface area contributed by atoms with E-state index in [4.69, 9.17) is 0 Å². The Labute approximate surface area is 200 Å². The lowest BCUT2D eigenvalue weighted by Crippen LogP contribution is -2.43. The van der Waals surface area contributed by atoms with Crippen molar-refractivity contribution in [1.29, 1.82) is 0 Å². The SMILES string of the molecule is CCCCCn1nc(C(=O)NNC(=O)CCn2cnc3ccccc3c2=O)c2ccccc2c1=O. The van der Waals surface area contributed by atoms with Crippen molar-refractivity contribution in [2.75, 3.05) is 0 Å². The molecular weight excluding hydrogens is 448 g/mol. The Morgan fingerprint density at radius 3 is 2.34 bits per heavy atom. The van der Waals surface area contributed by atoms with Gasteiger partial charge < -0.3 is 0 Å². The number of benzene rings is 2. The van der Waals surface area contributed by atoms with Gasteiger partial charge in [-0.25, -0.2) is 9.67 Å². The number of aryl methyl sites for hydroxylation is 2. The maximum Gasteiger partial charge on any atom is 0.290 e. The minimum Gasteiger partial charge on any atom is -0.298 e. The molecule has 10 heteroatoms. The summed E-state index contributed by atoms with van der Waals surface area (Å²) in [7, 11) is 0. The second kappa shape index (κ2) is 10.7. The highest BCUT2D eigenvalue weighted by Gasteiger charge is 2.17. The van der Waals surface area contributed by atoms with E-state index < -0.39 is 11.8 Å². The normalized spacial score (nSPS) is 11.0. The van der Waals surface area contributed by atoms with Crippen LogP contribution >= 0.6 is 0 Å². The molecule has 0 atom stereocenters. The van der Waals surface area contributed by atoms with E-state index >= 15 is 0 Å². The molecule has 4 rings (SSSR count). The molecule has 180 valence electrons. The number of nitrogens with zero attached hydrogens (tertiary/aromatic N) is 4. The van der Waals surface area contributed by atoms with Gasteiger partial charge in [-0.05, 0) is 24.6 Å². The van der Waals surface area contributed by atoms with Gasteiger partial charge in [-0.2, -0.15) is 5.10 Å². The van der Waals surface area contributed by atoms with Gasteiger partial charge in [0.2, 0.25) is 5.91 Å². The van der Waals surface area contributed by atoms with Crippen LogP contribution in [0.15, 0.2) is 64.4 Å². The lowest BCUT2D eigenvalue weighted by atomic mass is 10.1. The molecule has 2 N–H and O–H groups in total. The van der Waals surface area contributed by atoms with Gasteiger partial charge in [-0.15, -0.1) is 0 Å². The smallest absolute Gasteiger partial charge is 0.290 e. The summed E-state index contributed by atoms with van der Waals surface area (Å²) < 4.78 is 2.65. The molecule has 0 spiro atoms. The number of carbonyl (C=O) groups is 2. The van der Waals surface area contributed by atoms with Gasteiger partial charge in [-0.1, -0.05) is 50.1 Å². The van der Waals surface area contributed by atoms with Gasteiger partial charge in [0.1, 0.15) is 0 Å². The van der Waals surface area contributed by atoms with Gasteiger partial charge in [-0.3, -0.25) is 34.6 Å². The monoisotopic (exact) mass is 474 g/mol. The number of nitrogens with one attached hydrogen (secondary N) is 2. The lowest BCUT2D eigenvalue weighted by Gasteiger charge is -2.12. The van der Waals surface area contributed by atoms with Crippen molar-refractivity contribution >= 4 is 33.5 Å². The van der Waals surface area contributed by atoms with Gasteiger partial charge >= 0.3 is 0 Å². The van der Waals surface area contributed by atoms with Crippen molar-refractivity contribution in [3.8, 4) is 0 Å². The average molecular weight is 475 g/mol. The molecule has 0 radical (unpaired) electrons. The Kier molecular flexibility index (Phi) is 7.30. The standard InChI is InChI=1S/C25H26N6O4/c1-2-3-8-14-31-25(35)18-10-5-4-9-17(18)22(29-31)23(33)28-27-21(32)13-15-30-16-26-20-12-7-6-11-19(20)24(30)34/h4-7,9-12,16H,2-3,8,13-15H2,1H3,(H,27,32)(H,28,33). The topological polar surface area (TPSA) is 128 Å². The molecule has 0 bridgehead atoms. The molecule has 4 aromatic rings. The van der Waals surface area contributed by atoms with Crippen molar-refractivity contribution < 1.29 is 9.59 Å². The van der Waals surface area contributed by atoms with Crippen molar-refractivity contribution in [3.05, 3.63) is 81.3 Å². The van der Waals surface area contributed by atoms with E-state index in [1.54, 1.807) is 48.5 Å². The largest absolute Gasteiger partial charge is 0.298 e. The Morgan fingerprint density at radius 1 is 0.857 bits per heavy atom. The van der Waals surface area contributed by atoms with Crippen LogP contribution < -0.4 is 22.0 Å². The van der Waals surface area contributed by atoms with Crippen molar-refractivity contribution in [2.45, 2.75) is 45.7 Å². The van der Waals surface area contributed by atoms with Crippen LogP contribution in [0.4, 0.5) is 0 Å². The number of hydrogen-bond acceptors (Lipinski definition) is 6. The Morgan fingerprint density at radius 2 is 1.57 bits per heavy atom. The molecule has 0 aliphatic heterocycles. The van der Waals surface area contributed by atoms with E-state index in [0.29, 0.717) is 28.2 Å². The molecule has 2 aromatic heterocycles. The second-order valence-corrected chi connectivity index (χ2v) is 8.14. The zero-order valence-corrected chi connectivity index (χ0v) is 19.4. The third-order valence-corrected chi connectivity index (χ3v) is 5.68. The molecule has 2 aromatic carbocycles. The third-order valence-electron chi connectivity index (χ3n) is 5.68. The number of hydrazine groups is 1. The molecule has 35 heavy (non-hydrogen) atoms. The highest BCUT2D eigenvalue weighted by atomic mass is 16.2. The quantitative estimate of drug-likeness (QED) is 0.298. The van der Waals surface area contributed by atoms with Gasteiger partial charge in [0.05, 0.1) is 22.6 Å². The first-order valence-corrected chi connectivity index (χ1v) is 11.5. The van der Waals surface area contributed by atoms with E-state index in [9.17, 15) is 19.2 Å². The van der Waals surface area contributed by atoms with E-state index in [-0.39, 0.29) is 29.8 Å². The fourth-order valence-corrected chi connectivity index (χ4v) is 3.80. The van der Waals surface area contributed by atoms with Gasteiger partial charge in [0.25, 0.3) is 17.0 Å². The van der Waals surface area contributed by atoms with Crippen LogP contribution in [-0.2, 0) is 17.9 Å². The molecule has 2 amide bonds. The predicted octanol–water partition coefficient (Wildman–Crippen LogP) is 2.15. The Hall–Kier alpha value is -4.34. The minimum absolute atomic E-state index is 0.0481. The van der Waals surface area contributed by atoms with E-state index in [0.717, 1.165) is 19.3 Å². The maximum absolute atomic E-state index is 12.9. The lowest BCUT2D eigenvalue weighted by molar-refractivity contribution is -0.122. The van der Waals surface area contributed by atoms with Crippen LogP contribution in [0.3, 0.4) is 0 Å². The summed E-state index contributed by atoms with van der Waals surface area (Å²) in [5, 5.41) is 5.53. The maximum atomic E-state index is 12.9. The zero-order chi connectivity index (χ0) is 24.8. The highest BCUT2D eigenvalue weighted by Crippen LogP contribution is 2.13. The first-order valence-electron chi connectivity index (χ1n) is 11.5.